The molecule has 2 rings (SSSR count). The number of carboxylic acid groups (broad SMARTS) is 1. The smallest absolute Gasteiger partial charge is 0.306 e. The van der Waals surface area contributed by atoms with Gasteiger partial charge in [0, 0.05) is 12.0 Å². The van der Waals surface area contributed by atoms with Crippen LogP contribution in [0.4, 0.5) is 0 Å². The van der Waals surface area contributed by atoms with E-state index in [1.165, 1.54) is 5.56 Å². The van der Waals surface area contributed by atoms with Crippen LogP contribution in [0.1, 0.15) is 48.5 Å². The van der Waals surface area contributed by atoms with Crippen LogP contribution in [0.3, 0.4) is 0 Å². The number of carbonyl (C=O) groups excluding carboxylic acids is 1. The summed E-state index contributed by atoms with van der Waals surface area (Å²) in [6.45, 7) is 4.64. The Morgan fingerprint density at radius 2 is 1.82 bits per heavy atom. The van der Waals surface area contributed by atoms with Crippen LogP contribution in [0.15, 0.2) is 24.3 Å². The van der Waals surface area contributed by atoms with Crippen LogP contribution in [0, 0.1) is 5.92 Å². The van der Waals surface area contributed by atoms with E-state index in [9.17, 15) is 9.59 Å². The second-order valence-corrected chi connectivity index (χ2v) is 6.03. The number of hydrogen-bond acceptors (Lipinski definition) is 3. The molecule has 4 nitrogen and oxygen atoms in total. The molecule has 1 heterocycles. The van der Waals surface area contributed by atoms with Crippen LogP contribution in [0.5, 0.6) is 0 Å². The fraction of sp³-hybridized carbons (Fsp3) is 0.556. The Hall–Kier alpha value is -1.68. The van der Waals surface area contributed by atoms with E-state index >= 15 is 0 Å². The zero-order valence-electron chi connectivity index (χ0n) is 13.3. The summed E-state index contributed by atoms with van der Waals surface area (Å²) in [7, 11) is 0. The van der Waals surface area contributed by atoms with Crippen molar-refractivity contribution in [3.05, 3.63) is 35.4 Å². The molecule has 0 saturated carbocycles. The molecule has 0 bridgehead atoms. The lowest BCUT2D eigenvalue weighted by Gasteiger charge is -2.29. The largest absolute Gasteiger partial charge is 0.481 e. The Kier molecular flexibility index (Phi) is 6.13. The van der Waals surface area contributed by atoms with Gasteiger partial charge in [0.25, 0.3) is 0 Å². The number of carboxylic acids is 1. The molecule has 1 aromatic carbocycles. The molecule has 1 aliphatic heterocycles. The molecule has 1 fully saturated rings. The molecule has 0 aromatic heterocycles. The number of nitrogens with zero attached hydrogens (tertiary/aromatic N) is 1. The van der Waals surface area contributed by atoms with E-state index < -0.39 is 5.97 Å². The summed E-state index contributed by atoms with van der Waals surface area (Å²) >= 11 is 0. The zero-order chi connectivity index (χ0) is 15.9. The van der Waals surface area contributed by atoms with Gasteiger partial charge in [0.2, 0.25) is 0 Å². The quantitative estimate of drug-likeness (QED) is 0.787. The van der Waals surface area contributed by atoms with E-state index in [0.29, 0.717) is 6.42 Å². The predicted molar refractivity (Wildman–Crippen MR) is 86.2 cm³/mol. The van der Waals surface area contributed by atoms with Crippen LogP contribution in [0.25, 0.3) is 0 Å². The van der Waals surface area contributed by atoms with Crippen molar-refractivity contribution in [2.75, 3.05) is 19.6 Å². The molecule has 0 amide bonds. The summed E-state index contributed by atoms with van der Waals surface area (Å²) in [5, 5.41) is 8.97. The lowest BCUT2D eigenvalue weighted by molar-refractivity contribution is -0.143. The SMILES string of the molecule is CCc1ccc(C(=O)CCCN2CCC(C(=O)O)CC2)cc1. The topological polar surface area (TPSA) is 57.6 Å². The van der Waals surface area contributed by atoms with Gasteiger partial charge in [-0.05, 0) is 50.9 Å². The minimum Gasteiger partial charge on any atom is -0.481 e. The lowest BCUT2D eigenvalue weighted by atomic mass is 9.97. The molecule has 1 aromatic rings. The standard InChI is InChI=1S/C18H25NO3/c1-2-14-5-7-15(8-6-14)17(20)4-3-11-19-12-9-16(10-13-19)18(21)22/h5-8,16H,2-4,9-13H2,1H3,(H,21,22). The van der Waals surface area contributed by atoms with Crippen LogP contribution in [0.2, 0.25) is 0 Å². The van der Waals surface area contributed by atoms with E-state index in [1.54, 1.807) is 0 Å². The molecule has 1 saturated heterocycles. The summed E-state index contributed by atoms with van der Waals surface area (Å²) in [4.78, 5) is 25.3. The summed E-state index contributed by atoms with van der Waals surface area (Å²) < 4.78 is 0. The van der Waals surface area contributed by atoms with Gasteiger partial charge < -0.3 is 10.0 Å². The molecular weight excluding hydrogens is 278 g/mol. The third-order valence-corrected chi connectivity index (χ3v) is 4.50. The molecule has 120 valence electrons. The summed E-state index contributed by atoms with van der Waals surface area (Å²) in [6.07, 6.45) is 3.83. The van der Waals surface area contributed by atoms with E-state index in [0.717, 1.165) is 50.9 Å². The predicted octanol–water partition coefficient (Wildman–Crippen LogP) is 3.01. The minimum absolute atomic E-state index is 0.185. The van der Waals surface area contributed by atoms with Gasteiger partial charge in [-0.15, -0.1) is 0 Å². The maximum atomic E-state index is 12.1. The van der Waals surface area contributed by atoms with Crippen molar-refractivity contribution in [2.45, 2.75) is 39.0 Å². The first kappa shape index (κ1) is 16.7. The Morgan fingerprint density at radius 3 is 2.36 bits per heavy atom. The average Bonchev–Trinajstić information content (AvgIpc) is 2.55. The summed E-state index contributed by atoms with van der Waals surface area (Å²) in [5.74, 6) is -0.664. The number of Topliss-reactive ketones (excluding diaryl/α,β-unsaturated/α-hetero) is 1. The first-order chi connectivity index (χ1) is 10.6. The highest BCUT2D eigenvalue weighted by atomic mass is 16.4. The molecule has 22 heavy (non-hydrogen) atoms. The van der Waals surface area contributed by atoms with E-state index in [1.807, 2.05) is 24.3 Å². The highest BCUT2D eigenvalue weighted by Gasteiger charge is 2.24. The fourth-order valence-corrected chi connectivity index (χ4v) is 2.94. The van der Waals surface area contributed by atoms with Gasteiger partial charge in [-0.3, -0.25) is 9.59 Å². The van der Waals surface area contributed by atoms with Crippen molar-refractivity contribution in [3.63, 3.8) is 0 Å². The normalized spacial score (nSPS) is 16.6. The molecule has 0 radical (unpaired) electrons. The van der Waals surface area contributed by atoms with Crippen molar-refractivity contribution in [1.29, 1.82) is 0 Å². The van der Waals surface area contributed by atoms with Gasteiger partial charge >= 0.3 is 5.97 Å². The van der Waals surface area contributed by atoms with E-state index in [-0.39, 0.29) is 11.7 Å². The number of hydrogen-bond donors (Lipinski definition) is 1. The van der Waals surface area contributed by atoms with Crippen LogP contribution < -0.4 is 0 Å². The van der Waals surface area contributed by atoms with Crippen LogP contribution in [-0.2, 0) is 11.2 Å². The molecule has 4 heteroatoms. The van der Waals surface area contributed by atoms with Gasteiger partial charge in [-0.1, -0.05) is 31.2 Å². The molecule has 1 N–H and O–H groups in total. The van der Waals surface area contributed by atoms with Gasteiger partial charge in [0.1, 0.15) is 0 Å². The Labute approximate surface area is 132 Å². The van der Waals surface area contributed by atoms with Crippen LogP contribution in [-0.4, -0.2) is 41.4 Å². The summed E-state index contributed by atoms with van der Waals surface area (Å²) in [5.41, 5.74) is 2.04. The average molecular weight is 303 g/mol. The number of rotatable bonds is 7. The van der Waals surface area contributed by atoms with E-state index in [2.05, 4.69) is 11.8 Å². The monoisotopic (exact) mass is 303 g/mol. The molecular formula is C18H25NO3. The lowest BCUT2D eigenvalue weighted by Crippen LogP contribution is -2.36. The summed E-state index contributed by atoms with van der Waals surface area (Å²) in [6, 6.07) is 7.87. The molecule has 0 aliphatic carbocycles. The molecule has 0 spiro atoms. The fourth-order valence-electron chi connectivity index (χ4n) is 2.94. The number of aliphatic carboxylic acids is 1. The zero-order valence-corrected chi connectivity index (χ0v) is 13.3. The number of likely N-dealkylation sites (tertiary alicyclic amines) is 1. The molecule has 1 aliphatic rings. The van der Waals surface area contributed by atoms with Gasteiger partial charge in [-0.2, -0.15) is 0 Å². The molecule has 0 unspecified atom stereocenters. The first-order valence-corrected chi connectivity index (χ1v) is 8.17. The van der Waals surface area contributed by atoms with E-state index in [4.69, 9.17) is 5.11 Å². The third-order valence-electron chi connectivity index (χ3n) is 4.50. The maximum absolute atomic E-state index is 12.1. The number of benzene rings is 1. The second-order valence-electron chi connectivity index (χ2n) is 6.03. The van der Waals surface area contributed by atoms with Crippen molar-refractivity contribution in [3.8, 4) is 0 Å². The number of aryl methyl sites for hydroxylation is 1. The van der Waals surface area contributed by atoms with Crippen molar-refractivity contribution < 1.29 is 14.7 Å². The highest BCUT2D eigenvalue weighted by molar-refractivity contribution is 5.96. The highest BCUT2D eigenvalue weighted by Crippen LogP contribution is 2.18. The van der Waals surface area contributed by atoms with Crippen LogP contribution >= 0.6 is 0 Å². The second kappa shape index (κ2) is 8.08. The van der Waals surface area contributed by atoms with Gasteiger partial charge in [-0.25, -0.2) is 0 Å². The van der Waals surface area contributed by atoms with Crippen molar-refractivity contribution in [2.24, 2.45) is 5.92 Å². The third kappa shape index (κ3) is 4.67. The van der Waals surface area contributed by atoms with Gasteiger partial charge in [0.15, 0.2) is 5.78 Å². The number of carbonyl (C=O) groups is 2. The Morgan fingerprint density at radius 1 is 1.18 bits per heavy atom. The van der Waals surface area contributed by atoms with Gasteiger partial charge in [0.05, 0.1) is 5.92 Å². The van der Waals surface area contributed by atoms with Crippen molar-refractivity contribution >= 4 is 11.8 Å². The molecule has 0 atom stereocenters. The number of piperidine rings is 1. The minimum atomic E-state index is -0.676. The Bertz CT molecular complexity index is 502. The first-order valence-electron chi connectivity index (χ1n) is 8.17. The Balaban J connectivity index is 1.70. The van der Waals surface area contributed by atoms with Crippen molar-refractivity contribution in [1.82, 2.24) is 4.90 Å². The number of ketones is 1. The maximum Gasteiger partial charge on any atom is 0.306 e.